The van der Waals surface area contributed by atoms with Crippen LogP contribution in [0.1, 0.15) is 6.92 Å². The number of carbonyl (C=O) groups excluding carboxylic acids is 1. The molecule has 1 saturated heterocycles. The molecule has 0 aliphatic carbocycles. The highest BCUT2D eigenvalue weighted by atomic mass is 32.2. The lowest BCUT2D eigenvalue weighted by Gasteiger charge is -2.28. The van der Waals surface area contributed by atoms with Crippen molar-refractivity contribution >= 4 is 35.3 Å². The van der Waals surface area contributed by atoms with Gasteiger partial charge in [-0.3, -0.25) is 14.6 Å². The van der Waals surface area contributed by atoms with Crippen molar-refractivity contribution < 1.29 is 14.7 Å². The van der Waals surface area contributed by atoms with Gasteiger partial charge in [-0.15, -0.1) is 0 Å². The first kappa shape index (κ1) is 15.6. The molecule has 0 aromatic carbocycles. The Labute approximate surface area is 116 Å². The maximum Gasteiger partial charge on any atom is 0.341 e. The van der Waals surface area contributed by atoms with E-state index >= 15 is 0 Å². The summed E-state index contributed by atoms with van der Waals surface area (Å²) in [6, 6.07) is 0. The molecule has 2 unspecified atom stereocenters. The molecule has 1 aliphatic heterocycles. The molecule has 1 fully saturated rings. The van der Waals surface area contributed by atoms with Gasteiger partial charge in [0.1, 0.15) is 5.57 Å². The van der Waals surface area contributed by atoms with Crippen molar-refractivity contribution in [3.05, 3.63) is 9.81 Å². The zero-order valence-corrected chi connectivity index (χ0v) is 12.8. The molecule has 0 amide bonds. The lowest BCUT2D eigenvalue weighted by molar-refractivity contribution is -0.134. The zero-order valence-electron chi connectivity index (χ0n) is 11.1. The monoisotopic (exact) mass is 290 g/mol. The van der Waals surface area contributed by atoms with Crippen molar-refractivity contribution in [3.63, 3.8) is 0 Å². The van der Waals surface area contributed by atoms with Gasteiger partial charge < -0.3 is 5.11 Å². The second-order valence-electron chi connectivity index (χ2n) is 4.47. The number of ketones is 1. The number of carboxylic acid groups (broad SMARTS) is 1. The van der Waals surface area contributed by atoms with Gasteiger partial charge >= 0.3 is 5.97 Å². The standard InChI is InChI=1S/C11H18N2O3S2/c1-6(14)7(10(15)16)11-17-8(12(2)3)9(18-11)13(4)5/h8-9H,1-5H3,(H,15,16). The number of hydrogen-bond acceptors (Lipinski definition) is 6. The van der Waals surface area contributed by atoms with E-state index in [2.05, 4.69) is 0 Å². The number of aliphatic carboxylic acids is 1. The quantitative estimate of drug-likeness (QED) is 0.473. The first-order chi connectivity index (χ1) is 8.25. The molecule has 0 aromatic heterocycles. The van der Waals surface area contributed by atoms with Crippen LogP contribution in [0.15, 0.2) is 9.81 Å². The van der Waals surface area contributed by atoms with Gasteiger partial charge in [0.2, 0.25) is 0 Å². The number of nitrogens with zero attached hydrogens (tertiary/aromatic N) is 2. The Hall–Kier alpha value is -0.500. The molecular formula is C11H18N2O3S2. The van der Waals surface area contributed by atoms with E-state index in [-0.39, 0.29) is 16.3 Å². The van der Waals surface area contributed by atoms with E-state index in [4.69, 9.17) is 5.11 Å². The fourth-order valence-corrected chi connectivity index (χ4v) is 5.01. The predicted octanol–water partition coefficient (Wildman–Crippen LogP) is 1.13. The molecule has 1 heterocycles. The van der Waals surface area contributed by atoms with Crippen molar-refractivity contribution in [2.24, 2.45) is 0 Å². The molecule has 0 spiro atoms. The number of carbonyl (C=O) groups is 2. The van der Waals surface area contributed by atoms with Crippen LogP contribution in [0.3, 0.4) is 0 Å². The summed E-state index contributed by atoms with van der Waals surface area (Å²) in [5, 5.41) is 9.39. The lowest BCUT2D eigenvalue weighted by atomic mass is 10.2. The largest absolute Gasteiger partial charge is 0.478 e. The van der Waals surface area contributed by atoms with E-state index < -0.39 is 11.8 Å². The highest BCUT2D eigenvalue weighted by molar-refractivity contribution is 8.26. The lowest BCUT2D eigenvalue weighted by Crippen LogP contribution is -2.39. The van der Waals surface area contributed by atoms with E-state index in [0.717, 1.165) is 0 Å². The van der Waals surface area contributed by atoms with Crippen LogP contribution >= 0.6 is 23.5 Å². The third-order valence-electron chi connectivity index (χ3n) is 2.49. The van der Waals surface area contributed by atoms with Gasteiger partial charge in [-0.25, -0.2) is 4.79 Å². The third-order valence-corrected chi connectivity index (χ3v) is 5.92. The van der Waals surface area contributed by atoms with Gasteiger partial charge in [-0.2, -0.15) is 0 Å². The summed E-state index contributed by atoms with van der Waals surface area (Å²) >= 11 is 2.89. The van der Waals surface area contributed by atoms with E-state index in [1.54, 1.807) is 0 Å². The second kappa shape index (κ2) is 6.10. The number of carboxylic acids is 1. The Bertz CT molecular complexity index is 360. The predicted molar refractivity (Wildman–Crippen MR) is 75.5 cm³/mol. The molecule has 0 aromatic rings. The molecule has 1 N–H and O–H groups in total. The minimum atomic E-state index is -1.14. The zero-order chi connectivity index (χ0) is 14.0. The minimum absolute atomic E-state index is 0.0961. The summed E-state index contributed by atoms with van der Waals surface area (Å²) in [4.78, 5) is 26.7. The molecule has 1 rings (SSSR count). The Kier molecular flexibility index (Phi) is 5.27. The average molecular weight is 290 g/mol. The van der Waals surface area contributed by atoms with Crippen LogP contribution in [0.2, 0.25) is 0 Å². The van der Waals surface area contributed by atoms with Crippen LogP contribution in [-0.2, 0) is 9.59 Å². The molecule has 0 bridgehead atoms. The van der Waals surface area contributed by atoms with E-state index in [1.165, 1.54) is 30.4 Å². The van der Waals surface area contributed by atoms with Crippen LogP contribution in [0.25, 0.3) is 0 Å². The van der Waals surface area contributed by atoms with Crippen molar-refractivity contribution in [2.75, 3.05) is 28.2 Å². The normalized spacial score (nSPS) is 23.8. The Morgan fingerprint density at radius 2 is 1.44 bits per heavy atom. The van der Waals surface area contributed by atoms with Gasteiger partial charge in [-0.05, 0) is 35.1 Å². The third kappa shape index (κ3) is 3.28. The van der Waals surface area contributed by atoms with E-state index in [1.807, 2.05) is 38.0 Å². The minimum Gasteiger partial charge on any atom is -0.478 e. The highest BCUT2D eigenvalue weighted by Gasteiger charge is 2.38. The summed E-state index contributed by atoms with van der Waals surface area (Å²) in [5.41, 5.74) is -0.0961. The van der Waals surface area contributed by atoms with E-state index in [0.29, 0.717) is 4.24 Å². The molecular weight excluding hydrogens is 272 g/mol. The van der Waals surface area contributed by atoms with Crippen molar-refractivity contribution in [3.8, 4) is 0 Å². The number of likely N-dealkylation sites (N-methyl/N-ethyl adjacent to an activating group) is 2. The van der Waals surface area contributed by atoms with Gasteiger partial charge in [0.05, 0.1) is 15.0 Å². The fourth-order valence-electron chi connectivity index (χ4n) is 1.58. The smallest absolute Gasteiger partial charge is 0.341 e. The maximum atomic E-state index is 11.4. The first-order valence-electron chi connectivity index (χ1n) is 5.40. The molecule has 102 valence electrons. The van der Waals surface area contributed by atoms with Crippen LogP contribution in [0.5, 0.6) is 0 Å². The van der Waals surface area contributed by atoms with Crippen molar-refractivity contribution in [2.45, 2.75) is 17.7 Å². The van der Waals surface area contributed by atoms with Gasteiger partial charge in [0.15, 0.2) is 5.78 Å². The number of hydrogen-bond donors (Lipinski definition) is 1. The molecule has 0 saturated carbocycles. The number of rotatable bonds is 4. The maximum absolute atomic E-state index is 11.4. The fraction of sp³-hybridized carbons (Fsp3) is 0.636. The van der Waals surface area contributed by atoms with E-state index in [9.17, 15) is 9.59 Å². The van der Waals surface area contributed by atoms with Crippen LogP contribution < -0.4 is 0 Å². The highest BCUT2D eigenvalue weighted by Crippen LogP contribution is 2.49. The van der Waals surface area contributed by atoms with Crippen molar-refractivity contribution in [1.29, 1.82) is 0 Å². The first-order valence-corrected chi connectivity index (χ1v) is 7.16. The average Bonchev–Trinajstić information content (AvgIpc) is 2.61. The Morgan fingerprint density at radius 1 is 1.06 bits per heavy atom. The second-order valence-corrected chi connectivity index (χ2v) is 6.98. The molecule has 0 radical (unpaired) electrons. The summed E-state index contributed by atoms with van der Waals surface area (Å²) < 4.78 is 0.604. The topological polar surface area (TPSA) is 60.9 Å². The molecule has 18 heavy (non-hydrogen) atoms. The molecule has 5 nitrogen and oxygen atoms in total. The number of thioether (sulfide) groups is 2. The molecule has 2 atom stereocenters. The Morgan fingerprint density at radius 3 is 1.67 bits per heavy atom. The van der Waals surface area contributed by atoms with Crippen LogP contribution in [0, 0.1) is 0 Å². The Balaban J connectivity index is 3.12. The summed E-state index contributed by atoms with van der Waals surface area (Å²) in [6.07, 6.45) is 0. The molecule has 7 heteroatoms. The SMILES string of the molecule is CC(=O)C(C(=O)O)=C1SC(N(C)C)C(N(C)C)S1. The van der Waals surface area contributed by atoms with Crippen LogP contribution in [0.4, 0.5) is 0 Å². The summed E-state index contributed by atoms with van der Waals surface area (Å²) in [7, 11) is 7.80. The van der Waals surface area contributed by atoms with Gasteiger partial charge in [-0.1, -0.05) is 23.5 Å². The van der Waals surface area contributed by atoms with Crippen LogP contribution in [-0.4, -0.2) is 65.6 Å². The van der Waals surface area contributed by atoms with Gasteiger partial charge in [0.25, 0.3) is 0 Å². The summed E-state index contributed by atoms with van der Waals surface area (Å²) in [5.74, 6) is -1.54. The summed E-state index contributed by atoms with van der Waals surface area (Å²) in [6.45, 7) is 1.30. The number of Topliss-reactive ketones (excluding diaryl/α,β-unsaturated/α-hetero) is 1. The molecule has 1 aliphatic rings. The van der Waals surface area contributed by atoms with Crippen molar-refractivity contribution in [1.82, 2.24) is 9.80 Å². The van der Waals surface area contributed by atoms with Gasteiger partial charge in [0, 0.05) is 0 Å².